The molecule has 0 saturated carbocycles. The predicted octanol–water partition coefficient (Wildman–Crippen LogP) is 0.353. The average molecular weight is 264 g/mol. The molecule has 0 fully saturated rings. The van der Waals surface area contributed by atoms with Crippen LogP contribution in [0.2, 0.25) is 0 Å². The van der Waals surface area contributed by atoms with Crippen molar-refractivity contribution in [3.8, 4) is 6.07 Å². The monoisotopic (exact) mass is 264 g/mol. The third-order valence-electron chi connectivity index (χ3n) is 2.69. The summed E-state index contributed by atoms with van der Waals surface area (Å²) in [5, 5.41) is 8.61. The Kier molecular flexibility index (Phi) is 5.75. The second-order valence-corrected chi connectivity index (χ2v) is 3.91. The molecular formula is C11H20N8. The van der Waals surface area contributed by atoms with Crippen LogP contribution < -0.4 is 21.1 Å². The van der Waals surface area contributed by atoms with Crippen LogP contribution in [0, 0.1) is 11.3 Å². The molecule has 0 unspecified atom stereocenters. The zero-order valence-electron chi connectivity index (χ0n) is 11.6. The molecule has 0 aliphatic carbocycles. The Labute approximate surface area is 113 Å². The fourth-order valence-electron chi connectivity index (χ4n) is 1.55. The number of nitriles is 1. The first-order valence-electron chi connectivity index (χ1n) is 6.21. The van der Waals surface area contributed by atoms with E-state index in [1.165, 1.54) is 0 Å². The third-order valence-corrected chi connectivity index (χ3v) is 2.69. The summed E-state index contributed by atoms with van der Waals surface area (Å²) in [4.78, 5) is 16.6. The Morgan fingerprint density at radius 3 is 2.37 bits per heavy atom. The van der Waals surface area contributed by atoms with Crippen LogP contribution in [0.1, 0.15) is 20.3 Å². The number of nitrogens with zero attached hydrogens (tertiary/aromatic N) is 6. The van der Waals surface area contributed by atoms with Gasteiger partial charge in [0, 0.05) is 26.7 Å². The van der Waals surface area contributed by atoms with Gasteiger partial charge in [0.15, 0.2) is 0 Å². The average Bonchev–Trinajstić information content (AvgIpc) is 2.45. The molecule has 1 aromatic heterocycles. The number of nitrogens with one attached hydrogen (secondary N) is 1. The zero-order valence-corrected chi connectivity index (χ0v) is 11.6. The molecule has 0 radical (unpaired) electrons. The van der Waals surface area contributed by atoms with E-state index >= 15 is 0 Å². The molecule has 0 bridgehead atoms. The van der Waals surface area contributed by atoms with E-state index < -0.39 is 0 Å². The molecule has 1 aromatic rings. The summed E-state index contributed by atoms with van der Waals surface area (Å²) in [7, 11) is 1.83. The van der Waals surface area contributed by atoms with Gasteiger partial charge in [-0.2, -0.15) is 20.2 Å². The highest BCUT2D eigenvalue weighted by Crippen LogP contribution is 2.15. The lowest BCUT2D eigenvalue weighted by atomic mass is 10.4. The zero-order chi connectivity index (χ0) is 14.3. The second-order valence-electron chi connectivity index (χ2n) is 3.91. The van der Waals surface area contributed by atoms with Crippen LogP contribution >= 0.6 is 0 Å². The molecule has 0 amide bonds. The number of aromatic nitrogens is 3. The highest BCUT2D eigenvalue weighted by Gasteiger charge is 2.13. The lowest BCUT2D eigenvalue weighted by Gasteiger charge is -2.22. The van der Waals surface area contributed by atoms with E-state index in [1.54, 1.807) is 4.90 Å². The third kappa shape index (κ3) is 3.93. The first kappa shape index (κ1) is 14.9. The summed E-state index contributed by atoms with van der Waals surface area (Å²) in [6.45, 7) is 6.21. The van der Waals surface area contributed by atoms with Gasteiger partial charge >= 0.3 is 0 Å². The standard InChI is InChI=1S/C11H20N8/c1-4-19(5-2)11-15-9(17-13)14-10(16-11)18(3)8-6-7-12/h4-6,8,13H2,1-3H3,(H,14,15,16,17). The Morgan fingerprint density at radius 2 is 1.84 bits per heavy atom. The predicted molar refractivity (Wildman–Crippen MR) is 74.7 cm³/mol. The maximum atomic E-state index is 8.61. The quantitative estimate of drug-likeness (QED) is 0.536. The van der Waals surface area contributed by atoms with Crippen molar-refractivity contribution >= 4 is 17.8 Å². The largest absolute Gasteiger partial charge is 0.343 e. The van der Waals surface area contributed by atoms with E-state index in [-0.39, 0.29) is 0 Å². The van der Waals surface area contributed by atoms with Gasteiger partial charge in [-0.15, -0.1) is 0 Å². The summed E-state index contributed by atoms with van der Waals surface area (Å²) in [5.41, 5.74) is 2.44. The Morgan fingerprint density at radius 1 is 1.21 bits per heavy atom. The first-order chi connectivity index (χ1) is 9.15. The lowest BCUT2D eigenvalue weighted by Crippen LogP contribution is -2.28. The molecule has 0 aliphatic rings. The van der Waals surface area contributed by atoms with Crippen molar-refractivity contribution in [2.45, 2.75) is 20.3 Å². The summed E-state index contributed by atoms with van der Waals surface area (Å²) < 4.78 is 0. The molecule has 0 atom stereocenters. The van der Waals surface area contributed by atoms with Crippen molar-refractivity contribution in [1.82, 2.24) is 15.0 Å². The summed E-state index contributed by atoms with van der Waals surface area (Å²) in [6, 6.07) is 2.09. The minimum Gasteiger partial charge on any atom is -0.343 e. The van der Waals surface area contributed by atoms with Crippen LogP contribution in [0.25, 0.3) is 0 Å². The Bertz CT molecular complexity index is 437. The van der Waals surface area contributed by atoms with E-state index in [1.807, 2.05) is 25.8 Å². The van der Waals surface area contributed by atoms with Crippen LogP contribution in [0.5, 0.6) is 0 Å². The molecule has 1 heterocycles. The number of hydrazine groups is 1. The second kappa shape index (κ2) is 7.33. The number of nitrogen functional groups attached to an aromatic ring is 1. The van der Waals surface area contributed by atoms with Crippen LogP contribution in [0.4, 0.5) is 17.8 Å². The Hall–Kier alpha value is -2.14. The fourth-order valence-corrected chi connectivity index (χ4v) is 1.55. The van der Waals surface area contributed by atoms with Gasteiger partial charge in [-0.3, -0.25) is 5.43 Å². The van der Waals surface area contributed by atoms with Crippen molar-refractivity contribution in [2.24, 2.45) is 5.84 Å². The molecule has 0 spiro atoms. The normalized spacial score (nSPS) is 9.84. The number of hydrogen-bond donors (Lipinski definition) is 2. The topological polar surface area (TPSA) is 107 Å². The molecule has 0 aromatic carbocycles. The summed E-state index contributed by atoms with van der Waals surface area (Å²) in [6.07, 6.45) is 0.411. The number of anilines is 3. The first-order valence-corrected chi connectivity index (χ1v) is 6.21. The molecule has 1 rings (SSSR count). The number of hydrogen-bond acceptors (Lipinski definition) is 8. The van der Waals surface area contributed by atoms with Crippen molar-refractivity contribution < 1.29 is 0 Å². The van der Waals surface area contributed by atoms with Gasteiger partial charge in [-0.1, -0.05) is 0 Å². The smallest absolute Gasteiger partial charge is 0.243 e. The highest BCUT2D eigenvalue weighted by molar-refractivity contribution is 5.44. The lowest BCUT2D eigenvalue weighted by molar-refractivity contribution is 0.791. The van der Waals surface area contributed by atoms with Crippen LogP contribution in [0.3, 0.4) is 0 Å². The fraction of sp³-hybridized carbons (Fsp3) is 0.636. The molecule has 104 valence electrons. The van der Waals surface area contributed by atoms with Crippen molar-refractivity contribution in [2.75, 3.05) is 41.9 Å². The molecule has 19 heavy (non-hydrogen) atoms. The minimum atomic E-state index is 0.315. The van der Waals surface area contributed by atoms with Gasteiger partial charge in [0.25, 0.3) is 0 Å². The van der Waals surface area contributed by atoms with Gasteiger partial charge < -0.3 is 9.80 Å². The maximum absolute atomic E-state index is 8.61. The van der Waals surface area contributed by atoms with E-state index in [0.717, 1.165) is 13.1 Å². The van der Waals surface area contributed by atoms with Crippen molar-refractivity contribution in [3.05, 3.63) is 0 Å². The van der Waals surface area contributed by atoms with Crippen LogP contribution in [-0.4, -0.2) is 41.6 Å². The summed E-state index contributed by atoms with van der Waals surface area (Å²) in [5.74, 6) is 6.77. The molecule has 3 N–H and O–H groups in total. The molecular weight excluding hydrogens is 244 g/mol. The molecule has 8 nitrogen and oxygen atoms in total. The van der Waals surface area contributed by atoms with Gasteiger partial charge in [0.1, 0.15) is 0 Å². The summed E-state index contributed by atoms with van der Waals surface area (Å²) >= 11 is 0. The van der Waals surface area contributed by atoms with Crippen LogP contribution in [-0.2, 0) is 0 Å². The van der Waals surface area contributed by atoms with E-state index in [0.29, 0.717) is 30.8 Å². The number of rotatable bonds is 7. The van der Waals surface area contributed by atoms with Gasteiger partial charge in [0.2, 0.25) is 17.8 Å². The SMILES string of the molecule is CCN(CC)c1nc(NN)nc(N(C)CCC#N)n1. The van der Waals surface area contributed by atoms with Gasteiger partial charge in [-0.05, 0) is 13.8 Å². The molecule has 0 aliphatic heterocycles. The number of nitrogens with two attached hydrogens (primary N) is 1. The van der Waals surface area contributed by atoms with Crippen molar-refractivity contribution in [1.29, 1.82) is 5.26 Å². The minimum absolute atomic E-state index is 0.315. The van der Waals surface area contributed by atoms with Gasteiger partial charge in [0.05, 0.1) is 12.5 Å². The van der Waals surface area contributed by atoms with E-state index in [9.17, 15) is 0 Å². The van der Waals surface area contributed by atoms with Crippen molar-refractivity contribution in [3.63, 3.8) is 0 Å². The maximum Gasteiger partial charge on any atom is 0.243 e. The molecule has 8 heteroatoms. The van der Waals surface area contributed by atoms with Crippen LogP contribution in [0.15, 0.2) is 0 Å². The van der Waals surface area contributed by atoms with E-state index in [4.69, 9.17) is 11.1 Å². The highest BCUT2D eigenvalue weighted by atomic mass is 15.4. The van der Waals surface area contributed by atoms with Gasteiger partial charge in [-0.25, -0.2) is 5.84 Å². The van der Waals surface area contributed by atoms with E-state index in [2.05, 4.69) is 26.4 Å². The Balaban J connectivity index is 3.04. The molecule has 0 saturated heterocycles.